The Labute approximate surface area is 860 Å². The second-order valence-corrected chi connectivity index (χ2v) is 42.6. The Bertz CT molecular complexity index is 6870. The smallest absolute Gasteiger partial charge is 0.478 e. The molecule has 4 amide bonds. The number of hydrogen-bond acceptors (Lipinski definition) is 21. The van der Waals surface area contributed by atoms with E-state index in [0.29, 0.717) is 58.8 Å². The van der Waals surface area contributed by atoms with Crippen molar-refractivity contribution >= 4 is 174 Å². The zero-order valence-electron chi connectivity index (χ0n) is 82.0. The molecule has 758 valence electrons. The number of aromatic nitrogens is 6. The summed E-state index contributed by atoms with van der Waals surface area (Å²) in [6.07, 6.45) is 9.58. The molecule has 0 unspecified atom stereocenters. The predicted molar refractivity (Wildman–Crippen MR) is 567 cm³/mol. The number of piperidine rings is 4. The van der Waals surface area contributed by atoms with Crippen LogP contribution in [-0.4, -0.2) is 184 Å². The highest BCUT2D eigenvalue weighted by Crippen LogP contribution is 2.41. The van der Waals surface area contributed by atoms with Crippen LogP contribution in [-0.2, 0) is 44.7 Å². The molecule has 5 saturated heterocycles. The molecule has 0 bridgehead atoms. The Kier molecular flexibility index (Phi) is 34.8. The number of hydrogen-bond donors (Lipinski definition) is 4. The number of carboxylic acids is 1. The van der Waals surface area contributed by atoms with Gasteiger partial charge in [0.05, 0.1) is 67.1 Å². The van der Waals surface area contributed by atoms with Crippen LogP contribution in [0.5, 0.6) is 0 Å². The summed E-state index contributed by atoms with van der Waals surface area (Å²) in [4.78, 5) is 105. The van der Waals surface area contributed by atoms with Crippen molar-refractivity contribution < 1.29 is 78.3 Å². The first kappa shape index (κ1) is 108. The highest BCUT2D eigenvalue weighted by atomic mass is 79.9. The number of rotatable bonds is 18. The van der Waals surface area contributed by atoms with Gasteiger partial charge in [0.25, 0.3) is 47.3 Å². The Morgan fingerprint density at radius 2 is 0.703 bits per heavy atom. The van der Waals surface area contributed by atoms with Gasteiger partial charge in [-0.1, -0.05) is 78.3 Å². The number of likely N-dealkylation sites (tertiary alicyclic amines) is 4. The highest BCUT2D eigenvalue weighted by molar-refractivity contribution is 9.10. The van der Waals surface area contributed by atoms with Crippen LogP contribution in [0.4, 0.5) is 46.8 Å². The summed E-state index contributed by atoms with van der Waals surface area (Å²) >= 11 is 10.2. The number of anilines is 2. The zero-order chi connectivity index (χ0) is 104. The van der Waals surface area contributed by atoms with Crippen LogP contribution in [0, 0.1) is 27.7 Å². The number of fused-ring (bicyclic) bond motifs is 4. The zero-order valence-corrected chi connectivity index (χ0v) is 86.9. The average molecular weight is 2120 g/mol. The summed E-state index contributed by atoms with van der Waals surface area (Å²) in [5, 5.41) is 12.4. The molecule has 19 rings (SSSR count). The van der Waals surface area contributed by atoms with Crippen molar-refractivity contribution in [3.63, 3.8) is 0 Å². The van der Waals surface area contributed by atoms with Gasteiger partial charge in [-0.25, -0.2) is 69.8 Å². The first-order valence-corrected chi connectivity index (χ1v) is 51.8. The normalized spacial score (nSPS) is 16.5. The fourth-order valence-corrected chi connectivity index (χ4v) is 21.1. The van der Waals surface area contributed by atoms with Crippen LogP contribution in [0.25, 0.3) is 86.4 Å². The summed E-state index contributed by atoms with van der Waals surface area (Å²) in [5.74, 6) is -11.6. The molecule has 7 N–H and O–H groups in total. The number of pyridine rings is 2. The van der Waals surface area contributed by atoms with Crippen LogP contribution in [0.1, 0.15) is 194 Å². The van der Waals surface area contributed by atoms with E-state index in [-0.39, 0.29) is 133 Å². The SMILES string of the molecule is CC1(C)OB(c2ccc(C(=O)N3CCC(F)(F)CC3)cc2)OC1(C)C.CCc1nc2cc(-c3ccc(C(=O)N4CCC(F)(F)CC4)cc3)cc(C)c2s1.CCc1nc2cc(Br)cc(C)c2s1.Cc1cc(-c2ccc(C(=O)N3CCC(F)(F)CC3)cc2)cc2nc(CCC(=O)/C=C/c3ccc(N)nc3)sc12.Cc1cc(-c2ccc(C(=O)N3CCC(F)(F)CC3)cc2)cc2nc(CN)sc12.Nc1ccc(/C=C/C(=O)O)cn1. The Hall–Kier alpha value is -12.4. The number of allylic oxidation sites excluding steroid dienone is 1. The number of carbonyl (C=O) groups excluding carboxylic acids is 5. The van der Waals surface area contributed by atoms with Crippen LogP contribution in [0.15, 0.2) is 199 Å². The maximum atomic E-state index is 13.4. The van der Waals surface area contributed by atoms with Gasteiger partial charge < -0.3 is 51.2 Å². The Morgan fingerprint density at radius 3 is 1.02 bits per heavy atom. The van der Waals surface area contributed by atoms with Crippen molar-refractivity contribution in [3.8, 4) is 33.4 Å². The summed E-state index contributed by atoms with van der Waals surface area (Å²) in [7, 11) is -0.483. The summed E-state index contributed by atoms with van der Waals surface area (Å²) < 4.78 is 124. The van der Waals surface area contributed by atoms with Crippen molar-refractivity contribution in [2.24, 2.45) is 5.73 Å². The lowest BCUT2D eigenvalue weighted by atomic mass is 9.79. The number of ketones is 1. The molecule has 6 aromatic heterocycles. The largest absolute Gasteiger partial charge is 0.494 e. The molecule has 145 heavy (non-hydrogen) atoms. The number of carbonyl (C=O) groups is 6. The molecule has 22 nitrogen and oxygen atoms in total. The fraction of sp³-hybridized carbons (Fsp3) is 0.339. The molecule has 8 aromatic carbocycles. The lowest BCUT2D eigenvalue weighted by Crippen LogP contribution is -2.42. The van der Waals surface area contributed by atoms with Gasteiger partial charge in [-0.05, 0) is 280 Å². The number of nitrogens with zero attached hydrogens (tertiary/aromatic N) is 10. The number of carboxylic acid groups (broad SMARTS) is 1. The maximum Gasteiger partial charge on any atom is 0.494 e. The van der Waals surface area contributed by atoms with Crippen molar-refractivity contribution in [1.82, 2.24) is 49.5 Å². The molecule has 0 spiro atoms. The van der Waals surface area contributed by atoms with Gasteiger partial charge in [0.2, 0.25) is 0 Å². The topological polar surface area (TPSA) is 309 Å². The summed E-state index contributed by atoms with van der Waals surface area (Å²) in [5.41, 5.74) is 34.8. The van der Waals surface area contributed by atoms with Crippen LogP contribution >= 0.6 is 61.3 Å². The van der Waals surface area contributed by atoms with Crippen molar-refractivity contribution in [1.29, 1.82) is 0 Å². The minimum Gasteiger partial charge on any atom is -0.478 e. The van der Waals surface area contributed by atoms with Crippen molar-refractivity contribution in [2.75, 3.05) is 63.8 Å². The minimum atomic E-state index is -2.69. The number of benzene rings is 8. The monoisotopic (exact) mass is 2120 g/mol. The standard InChI is InChI=1S/C30H28F2N4O2S.C22H22F2N2OS.C21H21F2N3OS.C18H24BF2NO3.C10H10BrNS.C8H8N2O2/c1-19-16-23(21-4-6-22(7-5-21)29(38)36-14-12-30(31,32)13-15-36)17-25-28(19)39-27(35-25)11-9-24(37)8-2-20-3-10-26(33)34-18-20;1-3-19-25-18-13-17(12-14(2)20(18)28-19)15-4-6-16(7-5-15)21(27)26-10-8-22(23,24)9-11-26;1-13-10-16(11-17-19(13)28-18(12-24)25-17)14-2-4-15(5-3-14)20(27)26-8-6-21(22,23)7-9-26;1-16(2)17(3,4)25-19(24-16)14-7-5-13(6-8-14)15(23)22-11-9-18(20,21)10-12-22;1-3-9-12-8-5-7(11)4-6(2)10(8)13-9;9-7-3-1-6(5-10-7)2-4-8(11)12/h2-8,10,16-18H,9,11-15H2,1H3,(H2,33,34);4-7,12-13H,3,8-11H2,1-2H3;2-5,10-11H,6-9,12,24H2,1H3;5-8H,9-12H2,1-4H3;4-5H,3H2,1-2H3;1-5H,(H2,9,10)(H,11,12)/b8-2+;;;;;4-2+. The van der Waals surface area contributed by atoms with Crippen LogP contribution in [0.2, 0.25) is 0 Å². The van der Waals surface area contributed by atoms with Crippen molar-refractivity contribution in [3.05, 3.63) is 275 Å². The van der Waals surface area contributed by atoms with E-state index in [1.165, 1.54) is 57.4 Å². The van der Waals surface area contributed by atoms with E-state index in [0.717, 1.165) is 125 Å². The molecule has 5 fully saturated rings. The second-order valence-electron chi connectivity index (χ2n) is 37.4. The summed E-state index contributed by atoms with van der Waals surface area (Å²) in [6, 6.07) is 52.4. The molecule has 0 saturated carbocycles. The number of amides is 4. The van der Waals surface area contributed by atoms with E-state index in [1.54, 1.807) is 143 Å². The lowest BCUT2D eigenvalue weighted by Gasteiger charge is -2.32. The Balaban J connectivity index is 0.000000143. The third kappa shape index (κ3) is 28.3. The first-order valence-electron chi connectivity index (χ1n) is 47.7. The molecule has 0 atom stereocenters. The van der Waals surface area contributed by atoms with Gasteiger partial charge in [-0.15, -0.1) is 45.3 Å². The third-order valence-corrected chi connectivity index (χ3v) is 31.6. The molecule has 36 heteroatoms. The quantitative estimate of drug-likeness (QED) is 0.0352. The molecule has 5 aliphatic heterocycles. The van der Waals surface area contributed by atoms with Crippen LogP contribution < -0.4 is 22.7 Å². The number of aliphatic carboxylic acids is 1. The average Bonchev–Trinajstić information content (AvgIpc) is 1.61. The first-order chi connectivity index (χ1) is 68.8. The third-order valence-electron chi connectivity index (χ3n) is 25.9. The van der Waals surface area contributed by atoms with E-state index in [9.17, 15) is 63.9 Å². The van der Waals surface area contributed by atoms with Gasteiger partial charge in [-0.3, -0.25) is 24.0 Å². The van der Waals surface area contributed by atoms with E-state index in [2.05, 4.69) is 100.0 Å². The van der Waals surface area contributed by atoms with E-state index < -0.39 is 48.0 Å². The van der Waals surface area contributed by atoms with Gasteiger partial charge in [-0.2, -0.15) is 0 Å². The van der Waals surface area contributed by atoms with Gasteiger partial charge >= 0.3 is 13.1 Å². The molecule has 5 aliphatic rings. The molecule has 11 heterocycles. The van der Waals surface area contributed by atoms with Gasteiger partial charge in [0.15, 0.2) is 5.78 Å². The van der Waals surface area contributed by atoms with E-state index in [1.807, 2.05) is 96.1 Å². The minimum absolute atomic E-state index is 0.0106. The fourth-order valence-electron chi connectivity index (χ4n) is 16.7. The molecular formula is C109H113BBrF8N13O9S4. The van der Waals surface area contributed by atoms with Gasteiger partial charge in [0, 0.05) is 168 Å². The van der Waals surface area contributed by atoms with E-state index in [4.69, 9.17) is 41.6 Å². The van der Waals surface area contributed by atoms with Crippen LogP contribution in [0.3, 0.4) is 0 Å². The number of halogens is 9. The predicted octanol–water partition coefficient (Wildman–Crippen LogP) is 24.2. The molecule has 0 aliphatic carbocycles. The van der Waals surface area contributed by atoms with E-state index >= 15 is 0 Å². The number of nitrogens with two attached hydrogens (primary N) is 3. The van der Waals surface area contributed by atoms with Gasteiger partial charge in [0.1, 0.15) is 16.6 Å². The van der Waals surface area contributed by atoms with Crippen molar-refractivity contribution in [2.45, 2.75) is 188 Å². The number of alkyl halides is 8. The number of nitrogen functional groups attached to an aromatic ring is 2. The molecule has 0 radical (unpaired) electrons. The lowest BCUT2D eigenvalue weighted by molar-refractivity contribution is -0.131. The maximum absolute atomic E-state index is 13.4. The number of thiazole rings is 4. The Morgan fingerprint density at radius 1 is 0.407 bits per heavy atom. The second kappa shape index (κ2) is 46.5. The molecule has 14 aromatic rings. The summed E-state index contributed by atoms with van der Waals surface area (Å²) in [6.45, 7) is 21.6. The number of aryl methyl sites for hydroxylation is 7. The highest BCUT2D eigenvalue weighted by Gasteiger charge is 2.52. The molecular weight excluding hydrogens is 2010 g/mol.